The molecule has 0 amide bonds. The lowest BCUT2D eigenvalue weighted by atomic mass is 10.2. The van der Waals surface area contributed by atoms with E-state index in [2.05, 4.69) is 47.2 Å². The predicted octanol–water partition coefficient (Wildman–Crippen LogP) is 4.86. The van der Waals surface area contributed by atoms with Crippen molar-refractivity contribution < 1.29 is 9.50 Å². The number of H-pyrrole nitrogens is 1. The molecule has 0 spiro atoms. The topological polar surface area (TPSA) is 66.2 Å². The second-order valence-electron chi connectivity index (χ2n) is 4.71. The lowest BCUT2D eigenvalue weighted by Gasteiger charge is -2.04. The molecule has 0 aliphatic heterocycles. The molecule has 3 rings (SSSR count). The number of aromatic nitrogens is 3. The summed E-state index contributed by atoms with van der Waals surface area (Å²) in [5.41, 5.74) is 0.723. The molecule has 9 heteroatoms. The zero-order valence-electron chi connectivity index (χ0n) is 11.9. The van der Waals surface area contributed by atoms with Gasteiger partial charge in [0.1, 0.15) is 11.6 Å². The number of nitrogens with one attached hydrogen (secondary N) is 1. The Morgan fingerprint density at radius 2 is 2.04 bits per heavy atom. The molecular weight excluding hydrogens is 463 g/mol. The first-order valence-corrected chi connectivity index (χ1v) is 8.61. The molecule has 1 aromatic heterocycles. The summed E-state index contributed by atoms with van der Waals surface area (Å²) < 4.78 is 16.8. The number of nitrogens with zero attached hydrogens (tertiary/aromatic N) is 3. The number of rotatable bonds is 3. The second-order valence-corrected chi connectivity index (χ2v) is 6.87. The number of benzene rings is 2. The van der Waals surface area contributed by atoms with E-state index in [4.69, 9.17) is 12.2 Å². The molecule has 0 bridgehead atoms. The van der Waals surface area contributed by atoms with Crippen molar-refractivity contribution in [3.63, 3.8) is 0 Å². The fourth-order valence-electron chi connectivity index (χ4n) is 2.02. The molecule has 0 unspecified atom stereocenters. The van der Waals surface area contributed by atoms with E-state index < -0.39 is 5.82 Å². The summed E-state index contributed by atoms with van der Waals surface area (Å²) in [5, 5.41) is 20.9. The van der Waals surface area contributed by atoms with Gasteiger partial charge in [-0.2, -0.15) is 14.9 Å². The summed E-state index contributed by atoms with van der Waals surface area (Å²) in [4.78, 5) is 0. The lowest BCUT2D eigenvalue weighted by Crippen LogP contribution is -1.97. The fourth-order valence-corrected chi connectivity index (χ4v) is 3.46. The quantitative estimate of drug-likeness (QED) is 0.423. The van der Waals surface area contributed by atoms with Crippen LogP contribution in [0.25, 0.3) is 11.4 Å². The van der Waals surface area contributed by atoms with Crippen molar-refractivity contribution in [3.05, 3.63) is 61.5 Å². The van der Waals surface area contributed by atoms with Gasteiger partial charge in [-0.1, -0.05) is 28.1 Å². The molecule has 24 heavy (non-hydrogen) atoms. The Kier molecular flexibility index (Phi) is 4.93. The van der Waals surface area contributed by atoms with Gasteiger partial charge in [0.15, 0.2) is 5.82 Å². The van der Waals surface area contributed by atoms with Gasteiger partial charge in [-0.3, -0.25) is 0 Å². The van der Waals surface area contributed by atoms with E-state index in [9.17, 15) is 9.50 Å². The van der Waals surface area contributed by atoms with Crippen LogP contribution in [0.5, 0.6) is 5.75 Å². The number of phenolic OH excluding ortho intramolecular Hbond substituents is 1. The highest BCUT2D eigenvalue weighted by Crippen LogP contribution is 2.30. The van der Waals surface area contributed by atoms with Gasteiger partial charge in [-0.05, 0) is 52.4 Å². The lowest BCUT2D eigenvalue weighted by molar-refractivity contribution is 0.471. The fraction of sp³-hybridized carbons (Fsp3) is 0. The zero-order chi connectivity index (χ0) is 17.3. The van der Waals surface area contributed by atoms with Crippen LogP contribution in [0.4, 0.5) is 4.39 Å². The van der Waals surface area contributed by atoms with Crippen molar-refractivity contribution in [1.29, 1.82) is 0 Å². The Balaban J connectivity index is 2.08. The minimum absolute atomic E-state index is 0.0319. The van der Waals surface area contributed by atoms with Crippen LogP contribution in [0, 0.1) is 10.6 Å². The van der Waals surface area contributed by atoms with Gasteiger partial charge in [0.2, 0.25) is 4.77 Å². The highest BCUT2D eigenvalue weighted by Gasteiger charge is 2.12. The molecule has 1 heterocycles. The van der Waals surface area contributed by atoms with Crippen molar-refractivity contribution in [2.45, 2.75) is 0 Å². The Labute approximate surface area is 158 Å². The molecule has 2 N–H and O–H groups in total. The molecule has 0 saturated carbocycles. The maximum absolute atomic E-state index is 14.0. The Morgan fingerprint density at radius 3 is 2.79 bits per heavy atom. The maximum atomic E-state index is 14.0. The van der Waals surface area contributed by atoms with E-state index in [0.717, 1.165) is 4.47 Å². The van der Waals surface area contributed by atoms with Gasteiger partial charge in [0, 0.05) is 10.0 Å². The van der Waals surface area contributed by atoms with Crippen LogP contribution in [-0.4, -0.2) is 26.2 Å². The number of halogens is 3. The number of aromatic amines is 1. The summed E-state index contributed by atoms with van der Waals surface area (Å²) in [7, 11) is 0. The maximum Gasteiger partial charge on any atom is 0.216 e. The van der Waals surface area contributed by atoms with Gasteiger partial charge in [-0.15, -0.1) is 0 Å². The van der Waals surface area contributed by atoms with E-state index in [1.165, 1.54) is 17.0 Å². The van der Waals surface area contributed by atoms with Gasteiger partial charge >= 0.3 is 0 Å². The van der Waals surface area contributed by atoms with E-state index in [-0.39, 0.29) is 21.9 Å². The molecule has 0 radical (unpaired) electrons. The minimum atomic E-state index is -0.434. The molecule has 0 saturated heterocycles. The minimum Gasteiger partial charge on any atom is -0.506 e. The normalized spacial score (nSPS) is 11.3. The second kappa shape index (κ2) is 6.96. The van der Waals surface area contributed by atoms with Crippen molar-refractivity contribution in [2.24, 2.45) is 5.10 Å². The molecule has 122 valence electrons. The van der Waals surface area contributed by atoms with E-state index >= 15 is 0 Å². The van der Waals surface area contributed by atoms with Crippen LogP contribution < -0.4 is 0 Å². The first-order valence-electron chi connectivity index (χ1n) is 6.62. The van der Waals surface area contributed by atoms with Crippen LogP contribution in [0.3, 0.4) is 0 Å². The third-order valence-electron chi connectivity index (χ3n) is 3.14. The van der Waals surface area contributed by atoms with Crippen molar-refractivity contribution in [2.75, 3.05) is 0 Å². The number of aromatic hydroxyl groups is 1. The number of hydrogen-bond donors (Lipinski definition) is 2. The van der Waals surface area contributed by atoms with Crippen LogP contribution in [0.2, 0.25) is 0 Å². The number of phenols is 1. The molecule has 0 fully saturated rings. The standard InChI is InChI=1S/C15H9Br2FN4OS/c16-9-5-8(13(23)11(17)6-9)7-19-22-14(20-21-15(22)24)10-3-1-2-4-12(10)18/h1-7,23H,(H,21,24)/b19-7-. The Hall–Kier alpha value is -1.84. The van der Waals surface area contributed by atoms with Crippen molar-refractivity contribution >= 4 is 50.3 Å². The number of hydrogen-bond acceptors (Lipinski definition) is 4. The summed E-state index contributed by atoms with van der Waals surface area (Å²) in [6.45, 7) is 0. The van der Waals surface area contributed by atoms with Gasteiger partial charge in [0.25, 0.3) is 0 Å². The SMILES string of the molecule is Oc1c(Br)cc(Br)cc1/C=N\n1c(-c2ccccc2F)n[nH]c1=S. The average Bonchev–Trinajstić information content (AvgIpc) is 2.90. The molecule has 0 aliphatic carbocycles. The van der Waals surface area contributed by atoms with Crippen LogP contribution in [0.15, 0.2) is 50.4 Å². The van der Waals surface area contributed by atoms with E-state index in [0.29, 0.717) is 10.0 Å². The van der Waals surface area contributed by atoms with Gasteiger partial charge in [-0.25, -0.2) is 9.49 Å². The summed E-state index contributed by atoms with van der Waals surface area (Å²) in [6, 6.07) is 9.60. The monoisotopic (exact) mass is 470 g/mol. The van der Waals surface area contributed by atoms with Crippen LogP contribution in [0.1, 0.15) is 5.56 Å². The van der Waals surface area contributed by atoms with Crippen LogP contribution in [-0.2, 0) is 0 Å². The Bertz CT molecular complexity index is 999. The highest BCUT2D eigenvalue weighted by molar-refractivity contribution is 9.11. The summed E-state index contributed by atoms with van der Waals surface area (Å²) >= 11 is 11.7. The zero-order valence-corrected chi connectivity index (χ0v) is 15.9. The first-order chi connectivity index (χ1) is 11.5. The molecule has 5 nitrogen and oxygen atoms in total. The first kappa shape index (κ1) is 17.0. The molecule has 3 aromatic rings. The summed E-state index contributed by atoms with van der Waals surface area (Å²) in [5.74, 6) is -0.164. The van der Waals surface area contributed by atoms with Crippen LogP contribution >= 0.6 is 44.1 Å². The van der Waals surface area contributed by atoms with Crippen molar-refractivity contribution in [1.82, 2.24) is 14.9 Å². The van der Waals surface area contributed by atoms with E-state index in [1.54, 1.807) is 30.3 Å². The third-order valence-corrected chi connectivity index (χ3v) is 4.46. The molecule has 0 atom stereocenters. The smallest absolute Gasteiger partial charge is 0.216 e. The van der Waals surface area contributed by atoms with E-state index in [1.807, 2.05) is 0 Å². The Morgan fingerprint density at radius 1 is 1.29 bits per heavy atom. The molecule has 0 aliphatic rings. The van der Waals surface area contributed by atoms with Gasteiger partial charge < -0.3 is 5.11 Å². The molecule has 2 aromatic carbocycles. The molecular formula is C15H9Br2FN4OS. The van der Waals surface area contributed by atoms with Gasteiger partial charge in [0.05, 0.1) is 16.3 Å². The summed E-state index contributed by atoms with van der Waals surface area (Å²) in [6.07, 6.45) is 1.42. The highest BCUT2D eigenvalue weighted by atomic mass is 79.9. The average molecular weight is 472 g/mol. The third kappa shape index (κ3) is 3.33. The predicted molar refractivity (Wildman–Crippen MR) is 99.3 cm³/mol. The largest absolute Gasteiger partial charge is 0.506 e. The van der Waals surface area contributed by atoms with Crippen molar-refractivity contribution in [3.8, 4) is 17.1 Å².